The van der Waals surface area contributed by atoms with Crippen molar-refractivity contribution in [3.05, 3.63) is 46.5 Å². The van der Waals surface area contributed by atoms with E-state index in [2.05, 4.69) is 24.1 Å². The van der Waals surface area contributed by atoms with Crippen LogP contribution in [0.4, 0.5) is 14.5 Å². The number of halogens is 3. The summed E-state index contributed by atoms with van der Waals surface area (Å²) in [5.74, 6) is -0.212. The number of nitrogens with zero attached hydrogens (tertiary/aromatic N) is 1. The van der Waals surface area contributed by atoms with Crippen LogP contribution in [0.5, 0.6) is 5.75 Å². The lowest BCUT2D eigenvalue weighted by atomic mass is 9.88. The fourth-order valence-corrected chi connectivity index (χ4v) is 4.76. The molecule has 156 valence electrons. The van der Waals surface area contributed by atoms with E-state index >= 15 is 0 Å². The number of ether oxygens (including phenoxy) is 1. The highest BCUT2D eigenvalue weighted by atomic mass is 35.5. The van der Waals surface area contributed by atoms with E-state index in [0.717, 1.165) is 62.4 Å². The molecule has 2 aromatic carbocycles. The lowest BCUT2D eigenvalue weighted by Gasteiger charge is -2.27. The van der Waals surface area contributed by atoms with Gasteiger partial charge in [-0.2, -0.15) is 0 Å². The summed E-state index contributed by atoms with van der Waals surface area (Å²) in [6.07, 6.45) is 3.01. The van der Waals surface area contributed by atoms with Crippen LogP contribution in [0.15, 0.2) is 24.3 Å². The number of piperidine rings is 1. The second kappa shape index (κ2) is 8.49. The Labute approximate surface area is 176 Å². The molecule has 2 aliphatic heterocycles. The zero-order valence-corrected chi connectivity index (χ0v) is 17.7. The Morgan fingerprint density at radius 2 is 1.79 bits per heavy atom. The Morgan fingerprint density at radius 1 is 1.10 bits per heavy atom. The van der Waals surface area contributed by atoms with E-state index in [4.69, 9.17) is 16.3 Å². The summed E-state index contributed by atoms with van der Waals surface area (Å²) in [7, 11) is 0. The van der Waals surface area contributed by atoms with E-state index in [9.17, 15) is 8.78 Å². The molecule has 2 atom stereocenters. The molecule has 2 aliphatic rings. The van der Waals surface area contributed by atoms with Crippen molar-refractivity contribution in [1.29, 1.82) is 0 Å². The quantitative estimate of drug-likeness (QED) is 0.644. The molecule has 0 amide bonds. The fourth-order valence-electron chi connectivity index (χ4n) is 4.57. The molecular weight excluding hydrogens is 394 g/mol. The second-order valence-corrected chi connectivity index (χ2v) is 8.34. The molecule has 1 saturated heterocycles. The van der Waals surface area contributed by atoms with Crippen molar-refractivity contribution in [1.82, 2.24) is 5.32 Å². The molecule has 0 unspecified atom stereocenters. The minimum atomic E-state index is -0.643. The van der Waals surface area contributed by atoms with Crippen molar-refractivity contribution < 1.29 is 13.5 Å². The van der Waals surface area contributed by atoms with Crippen LogP contribution in [0.3, 0.4) is 0 Å². The molecule has 3 nitrogen and oxygen atoms in total. The summed E-state index contributed by atoms with van der Waals surface area (Å²) in [4.78, 5) is 2.28. The van der Waals surface area contributed by atoms with Crippen LogP contribution in [0, 0.1) is 11.6 Å². The zero-order chi connectivity index (χ0) is 20.5. The van der Waals surface area contributed by atoms with Crippen LogP contribution in [0.25, 0.3) is 11.1 Å². The molecule has 2 heterocycles. The summed E-state index contributed by atoms with van der Waals surface area (Å²) >= 11 is 5.84. The van der Waals surface area contributed by atoms with E-state index < -0.39 is 11.6 Å². The molecular formula is C23H27ClF2N2O. The van der Waals surface area contributed by atoms with Gasteiger partial charge < -0.3 is 15.0 Å². The number of rotatable bonds is 6. The predicted octanol–water partition coefficient (Wildman–Crippen LogP) is 5.75. The number of anilines is 1. The summed E-state index contributed by atoms with van der Waals surface area (Å²) < 4.78 is 35.9. The molecule has 2 aromatic rings. The zero-order valence-electron chi connectivity index (χ0n) is 16.9. The smallest absolute Gasteiger partial charge is 0.146 e. The Morgan fingerprint density at radius 3 is 2.45 bits per heavy atom. The van der Waals surface area contributed by atoms with Crippen molar-refractivity contribution in [2.45, 2.75) is 45.1 Å². The van der Waals surface area contributed by atoms with Crippen molar-refractivity contribution in [3.8, 4) is 16.9 Å². The fraction of sp³-hybridized carbons (Fsp3) is 0.478. The lowest BCUT2D eigenvalue weighted by molar-refractivity contribution is 0.172. The van der Waals surface area contributed by atoms with Gasteiger partial charge >= 0.3 is 0 Å². The number of benzene rings is 2. The third-order valence-corrected chi connectivity index (χ3v) is 6.03. The summed E-state index contributed by atoms with van der Waals surface area (Å²) in [6.45, 7) is 7.74. The van der Waals surface area contributed by atoms with Crippen LogP contribution in [-0.4, -0.2) is 32.3 Å². The molecule has 0 aromatic heterocycles. The van der Waals surface area contributed by atoms with E-state index in [0.29, 0.717) is 5.56 Å². The van der Waals surface area contributed by atoms with Crippen molar-refractivity contribution in [3.63, 3.8) is 0 Å². The standard InChI is InChI=1S/C23H27ClF2N2O/c1-3-7-28(8-4-2)20-10-14(22-18(25)11-15(24)12-19(22)26)9-16-17-13-27-6-5-21(17)29-23(16)20/h9-12,17,21,27H,3-8,13H2,1-2H3/t17-,21-/m0/s1. The molecule has 1 fully saturated rings. The molecule has 0 bridgehead atoms. The minimum absolute atomic E-state index is 0.0291. The highest BCUT2D eigenvalue weighted by Gasteiger charge is 2.39. The normalized spacial score (nSPS) is 20.2. The van der Waals surface area contributed by atoms with Gasteiger partial charge in [0, 0.05) is 36.1 Å². The van der Waals surface area contributed by atoms with Gasteiger partial charge in [0.05, 0.1) is 11.3 Å². The summed E-state index contributed by atoms with van der Waals surface area (Å²) in [5.41, 5.74) is 2.49. The molecule has 1 N–H and O–H groups in total. The molecule has 29 heavy (non-hydrogen) atoms. The average Bonchev–Trinajstić information content (AvgIpc) is 3.05. The van der Waals surface area contributed by atoms with Gasteiger partial charge in [0.2, 0.25) is 0 Å². The van der Waals surface area contributed by atoms with Crippen LogP contribution in [0.1, 0.15) is 44.6 Å². The molecule has 0 radical (unpaired) electrons. The van der Waals surface area contributed by atoms with Crippen molar-refractivity contribution in [2.75, 3.05) is 31.1 Å². The Balaban J connectivity index is 1.89. The number of hydrogen-bond donors (Lipinski definition) is 1. The van der Waals surface area contributed by atoms with E-state index in [-0.39, 0.29) is 22.6 Å². The molecule has 0 spiro atoms. The first-order valence-corrected chi connectivity index (χ1v) is 10.9. The highest BCUT2D eigenvalue weighted by Crippen LogP contribution is 2.49. The van der Waals surface area contributed by atoms with Crippen LogP contribution >= 0.6 is 11.6 Å². The first-order valence-electron chi connectivity index (χ1n) is 10.5. The predicted molar refractivity (Wildman–Crippen MR) is 114 cm³/mol. The van der Waals surface area contributed by atoms with Gasteiger partial charge in [0.25, 0.3) is 0 Å². The van der Waals surface area contributed by atoms with Crippen molar-refractivity contribution in [2.24, 2.45) is 0 Å². The van der Waals surface area contributed by atoms with Gasteiger partial charge in [0.15, 0.2) is 0 Å². The maximum Gasteiger partial charge on any atom is 0.146 e. The third-order valence-electron chi connectivity index (χ3n) is 5.81. The van der Waals surface area contributed by atoms with E-state index in [1.807, 2.05) is 12.1 Å². The maximum atomic E-state index is 14.7. The maximum absolute atomic E-state index is 14.7. The molecule has 0 aliphatic carbocycles. The molecule has 0 saturated carbocycles. The number of hydrogen-bond acceptors (Lipinski definition) is 3. The van der Waals surface area contributed by atoms with Gasteiger partial charge in [-0.15, -0.1) is 0 Å². The largest absolute Gasteiger partial charge is 0.487 e. The van der Waals surface area contributed by atoms with E-state index in [1.165, 1.54) is 12.1 Å². The number of nitrogens with one attached hydrogen (secondary N) is 1. The Bertz CT molecular complexity index is 876. The van der Waals surface area contributed by atoms with Crippen LogP contribution in [0.2, 0.25) is 5.02 Å². The second-order valence-electron chi connectivity index (χ2n) is 7.90. The van der Waals surface area contributed by atoms with Gasteiger partial charge in [-0.25, -0.2) is 8.78 Å². The summed E-state index contributed by atoms with van der Waals surface area (Å²) in [5, 5.41) is 3.49. The van der Waals surface area contributed by atoms with Gasteiger partial charge in [0.1, 0.15) is 23.5 Å². The SMILES string of the molecule is CCCN(CCC)c1cc(-c2c(F)cc(Cl)cc2F)cc2c1O[C@H]1CCNC[C@@H]21. The topological polar surface area (TPSA) is 24.5 Å². The Kier molecular flexibility index (Phi) is 5.98. The Hall–Kier alpha value is -1.85. The third kappa shape index (κ3) is 3.82. The van der Waals surface area contributed by atoms with Gasteiger partial charge in [-0.1, -0.05) is 25.4 Å². The van der Waals surface area contributed by atoms with Gasteiger partial charge in [-0.05, 0) is 55.6 Å². The lowest BCUT2D eigenvalue weighted by Crippen LogP contribution is -2.37. The van der Waals surface area contributed by atoms with Crippen molar-refractivity contribution >= 4 is 17.3 Å². The van der Waals surface area contributed by atoms with Gasteiger partial charge in [-0.3, -0.25) is 0 Å². The first-order chi connectivity index (χ1) is 14.0. The first kappa shape index (κ1) is 20.4. The van der Waals surface area contributed by atoms with E-state index in [1.54, 1.807) is 0 Å². The average molecular weight is 421 g/mol. The molecule has 6 heteroatoms. The minimum Gasteiger partial charge on any atom is -0.487 e. The number of fused-ring (bicyclic) bond motifs is 3. The van der Waals surface area contributed by atoms with Crippen LogP contribution in [-0.2, 0) is 0 Å². The summed E-state index contributed by atoms with van der Waals surface area (Å²) in [6, 6.07) is 6.13. The molecule has 4 rings (SSSR count). The highest BCUT2D eigenvalue weighted by molar-refractivity contribution is 6.30. The monoisotopic (exact) mass is 420 g/mol. The van der Waals surface area contributed by atoms with Crippen LogP contribution < -0.4 is 15.0 Å².